The van der Waals surface area contributed by atoms with E-state index in [4.69, 9.17) is 0 Å². The van der Waals surface area contributed by atoms with Gasteiger partial charge in [0.25, 0.3) is 0 Å². The minimum absolute atomic E-state index is 0.0709. The van der Waals surface area contributed by atoms with Gasteiger partial charge in [-0.3, -0.25) is 9.48 Å². The lowest BCUT2D eigenvalue weighted by Crippen LogP contribution is -2.28. The average molecular weight is 358 g/mol. The summed E-state index contributed by atoms with van der Waals surface area (Å²) in [6, 6.07) is 16.3. The molecule has 0 saturated heterocycles. The summed E-state index contributed by atoms with van der Waals surface area (Å²) in [5.41, 5.74) is 2.22. The minimum Gasteiger partial charge on any atom is -0.354 e. The Hall–Kier alpha value is -2.05. The van der Waals surface area contributed by atoms with Crippen LogP contribution in [0.1, 0.15) is 5.56 Å². The van der Waals surface area contributed by atoms with Gasteiger partial charge in [-0.25, -0.2) is 0 Å². The van der Waals surface area contributed by atoms with E-state index in [0.717, 1.165) is 16.3 Å². The lowest BCUT2D eigenvalue weighted by atomic mass is 10.2. The maximum absolute atomic E-state index is 11.9. The first-order valence-corrected chi connectivity index (χ1v) is 9.80. The third-order valence-corrected chi connectivity index (χ3v) is 5.32. The van der Waals surface area contributed by atoms with Gasteiger partial charge in [-0.15, -0.1) is 23.1 Å². The van der Waals surface area contributed by atoms with Crippen molar-refractivity contribution in [3.63, 3.8) is 0 Å². The van der Waals surface area contributed by atoms with Gasteiger partial charge in [-0.05, 0) is 23.1 Å². The second kappa shape index (κ2) is 8.70. The van der Waals surface area contributed by atoms with Crippen LogP contribution in [0.5, 0.6) is 0 Å². The summed E-state index contributed by atoms with van der Waals surface area (Å²) in [6.45, 7) is 1.27. The van der Waals surface area contributed by atoms with Gasteiger partial charge in [0.1, 0.15) is 5.69 Å². The zero-order valence-corrected chi connectivity index (χ0v) is 14.9. The molecule has 0 unspecified atom stereocenters. The maximum atomic E-state index is 11.9. The first kappa shape index (κ1) is 16.8. The van der Waals surface area contributed by atoms with Gasteiger partial charge in [-0.1, -0.05) is 36.4 Å². The van der Waals surface area contributed by atoms with Crippen LogP contribution < -0.4 is 5.32 Å². The highest BCUT2D eigenvalue weighted by molar-refractivity contribution is 7.99. The van der Waals surface area contributed by atoms with Crippen LogP contribution in [0.4, 0.5) is 0 Å². The van der Waals surface area contributed by atoms with Crippen LogP contribution in [0.2, 0.25) is 0 Å². The standard InChI is InChI=1S/C18H19N3OS2/c22-18(14-23-13-15-5-2-1-3-6-15)19-9-11-21-10-8-16(20-21)17-7-4-12-24-17/h1-8,10,12H,9,11,13-14H2,(H,19,22). The van der Waals surface area contributed by atoms with Crippen LogP contribution in [0, 0.1) is 0 Å². The van der Waals surface area contributed by atoms with Gasteiger partial charge < -0.3 is 5.32 Å². The summed E-state index contributed by atoms with van der Waals surface area (Å²) >= 11 is 3.31. The van der Waals surface area contributed by atoms with Crippen LogP contribution in [0.3, 0.4) is 0 Å². The number of amides is 1. The van der Waals surface area contributed by atoms with Gasteiger partial charge in [0.15, 0.2) is 0 Å². The fraction of sp³-hybridized carbons (Fsp3) is 0.222. The quantitative estimate of drug-likeness (QED) is 0.669. The third kappa shape index (κ3) is 4.97. The first-order valence-electron chi connectivity index (χ1n) is 7.77. The van der Waals surface area contributed by atoms with E-state index in [1.807, 2.05) is 46.6 Å². The normalized spacial score (nSPS) is 10.7. The number of nitrogens with one attached hydrogen (secondary N) is 1. The third-order valence-electron chi connectivity index (χ3n) is 3.42. The molecule has 124 valence electrons. The number of benzene rings is 1. The Morgan fingerprint density at radius 3 is 2.83 bits per heavy atom. The summed E-state index contributed by atoms with van der Waals surface area (Å²) in [6.07, 6.45) is 1.95. The molecule has 1 aromatic carbocycles. The molecule has 0 aliphatic carbocycles. The average Bonchev–Trinajstić information content (AvgIpc) is 3.27. The summed E-state index contributed by atoms with van der Waals surface area (Å²) in [4.78, 5) is 13.0. The van der Waals surface area contributed by atoms with Gasteiger partial charge >= 0.3 is 0 Å². The second-order valence-electron chi connectivity index (χ2n) is 5.27. The maximum Gasteiger partial charge on any atom is 0.230 e. The molecule has 1 N–H and O–H groups in total. The van der Waals surface area contributed by atoms with Gasteiger partial charge in [0.05, 0.1) is 17.2 Å². The molecule has 0 aliphatic heterocycles. The molecule has 3 rings (SSSR count). The topological polar surface area (TPSA) is 46.9 Å². The number of thiophene rings is 1. The molecule has 0 bridgehead atoms. The molecular weight excluding hydrogens is 338 g/mol. The number of nitrogens with zero attached hydrogens (tertiary/aromatic N) is 2. The molecular formula is C18H19N3OS2. The van der Waals surface area contributed by atoms with Gasteiger partial charge in [0, 0.05) is 18.5 Å². The minimum atomic E-state index is 0.0709. The molecule has 6 heteroatoms. The summed E-state index contributed by atoms with van der Waals surface area (Å²) in [5.74, 6) is 1.41. The number of thioether (sulfide) groups is 1. The van der Waals surface area contributed by atoms with E-state index in [2.05, 4.69) is 28.6 Å². The molecule has 0 atom stereocenters. The Balaban J connectivity index is 1.35. The molecule has 2 aromatic heterocycles. The fourth-order valence-corrected chi connectivity index (χ4v) is 3.75. The molecule has 0 saturated carbocycles. The highest BCUT2D eigenvalue weighted by Crippen LogP contribution is 2.22. The van der Waals surface area contributed by atoms with E-state index in [1.54, 1.807) is 23.1 Å². The lowest BCUT2D eigenvalue weighted by molar-refractivity contribution is -0.118. The lowest BCUT2D eigenvalue weighted by Gasteiger charge is -2.05. The van der Waals surface area contributed by atoms with Crippen LogP contribution in [-0.2, 0) is 17.1 Å². The zero-order valence-electron chi connectivity index (χ0n) is 13.2. The van der Waals surface area contributed by atoms with E-state index in [1.165, 1.54) is 5.56 Å². The summed E-state index contributed by atoms with van der Waals surface area (Å²) in [7, 11) is 0. The van der Waals surface area contributed by atoms with Crippen LogP contribution in [0.25, 0.3) is 10.6 Å². The fourth-order valence-electron chi connectivity index (χ4n) is 2.24. The van der Waals surface area contributed by atoms with Gasteiger partial charge in [0.2, 0.25) is 5.91 Å². The van der Waals surface area contributed by atoms with Crippen molar-refractivity contribution in [2.45, 2.75) is 12.3 Å². The number of carbonyl (C=O) groups excluding carboxylic acids is 1. The van der Waals surface area contributed by atoms with E-state index in [-0.39, 0.29) is 5.91 Å². The molecule has 0 spiro atoms. The Morgan fingerprint density at radius 2 is 2.04 bits per heavy atom. The van der Waals surface area contributed by atoms with Crippen LogP contribution >= 0.6 is 23.1 Å². The molecule has 0 radical (unpaired) electrons. The Kier molecular flexibility index (Phi) is 6.09. The zero-order chi connectivity index (χ0) is 16.6. The van der Waals surface area contributed by atoms with Crippen LogP contribution in [-0.4, -0.2) is 28.0 Å². The van der Waals surface area contributed by atoms with E-state index in [9.17, 15) is 4.79 Å². The number of hydrogen-bond donors (Lipinski definition) is 1. The number of aromatic nitrogens is 2. The molecule has 2 heterocycles. The van der Waals surface area contributed by atoms with Crippen molar-refractivity contribution in [3.05, 3.63) is 65.7 Å². The summed E-state index contributed by atoms with van der Waals surface area (Å²) in [5, 5.41) is 9.51. The molecule has 0 fully saturated rings. The Morgan fingerprint density at radius 1 is 1.17 bits per heavy atom. The SMILES string of the molecule is O=C(CSCc1ccccc1)NCCn1ccc(-c2cccs2)n1. The van der Waals surface area contributed by atoms with Crippen LogP contribution in [0.15, 0.2) is 60.1 Å². The van der Waals surface area contributed by atoms with E-state index >= 15 is 0 Å². The van der Waals surface area contributed by atoms with E-state index in [0.29, 0.717) is 18.8 Å². The van der Waals surface area contributed by atoms with Crippen molar-refractivity contribution < 1.29 is 4.79 Å². The predicted octanol–water partition coefficient (Wildman–Crippen LogP) is 3.66. The number of rotatable bonds is 8. The van der Waals surface area contributed by atoms with Gasteiger partial charge in [-0.2, -0.15) is 5.10 Å². The summed E-state index contributed by atoms with van der Waals surface area (Å²) < 4.78 is 1.87. The van der Waals surface area contributed by atoms with Crippen molar-refractivity contribution in [1.82, 2.24) is 15.1 Å². The first-order chi connectivity index (χ1) is 11.8. The molecule has 24 heavy (non-hydrogen) atoms. The molecule has 4 nitrogen and oxygen atoms in total. The highest BCUT2D eigenvalue weighted by atomic mass is 32.2. The van der Waals surface area contributed by atoms with Crippen molar-refractivity contribution in [2.24, 2.45) is 0 Å². The Labute approximate surface area is 149 Å². The largest absolute Gasteiger partial charge is 0.354 e. The van der Waals surface area contributed by atoms with Crippen molar-refractivity contribution >= 4 is 29.0 Å². The second-order valence-corrected chi connectivity index (χ2v) is 7.20. The smallest absolute Gasteiger partial charge is 0.230 e. The Bertz CT molecular complexity index is 754. The molecule has 1 amide bonds. The monoisotopic (exact) mass is 357 g/mol. The van der Waals surface area contributed by atoms with Crippen molar-refractivity contribution in [3.8, 4) is 10.6 Å². The number of carbonyl (C=O) groups is 1. The van der Waals surface area contributed by atoms with E-state index < -0.39 is 0 Å². The number of hydrogen-bond acceptors (Lipinski definition) is 4. The van der Waals surface area contributed by atoms with Crippen molar-refractivity contribution in [1.29, 1.82) is 0 Å². The predicted molar refractivity (Wildman–Crippen MR) is 101 cm³/mol. The van der Waals surface area contributed by atoms with Crippen molar-refractivity contribution in [2.75, 3.05) is 12.3 Å². The molecule has 0 aliphatic rings. The molecule has 3 aromatic rings. The highest BCUT2D eigenvalue weighted by Gasteiger charge is 2.04.